The minimum absolute atomic E-state index is 0.140. The number of carbonyl (C=O) groups excluding carboxylic acids is 1. The molecule has 0 aliphatic carbocycles. The molecule has 1 saturated heterocycles. The Kier molecular flexibility index (Phi) is 3.41. The first-order chi connectivity index (χ1) is 6.78. The van der Waals surface area contributed by atoms with Crippen molar-refractivity contribution < 1.29 is 9.53 Å². The number of nitrogens with zero attached hydrogens (tertiary/aromatic N) is 1. The Hall–Kier alpha value is -0.610. The number of ether oxygens (including phenoxy) is 1. The molecule has 1 rings (SSSR count). The monoisotopic (exact) mass is 214 g/mol. The zero-order chi connectivity index (χ0) is 11.7. The summed E-state index contributed by atoms with van der Waals surface area (Å²) in [5, 5.41) is 3.03. The van der Waals surface area contributed by atoms with E-state index in [1.807, 2.05) is 39.6 Å². The number of likely N-dealkylation sites (N-methyl/N-ethyl adjacent to an activating group) is 1. The molecule has 4 heteroatoms. The van der Waals surface area contributed by atoms with Gasteiger partial charge in [0.05, 0.1) is 17.7 Å². The number of carbonyl (C=O) groups is 1. The van der Waals surface area contributed by atoms with Crippen molar-refractivity contribution in [2.75, 3.05) is 26.7 Å². The smallest absolute Gasteiger partial charge is 0.242 e. The lowest BCUT2D eigenvalue weighted by molar-refractivity contribution is -0.151. The van der Waals surface area contributed by atoms with Crippen molar-refractivity contribution in [3.8, 4) is 0 Å². The van der Waals surface area contributed by atoms with E-state index in [1.165, 1.54) is 0 Å². The molecule has 0 unspecified atom stereocenters. The lowest BCUT2D eigenvalue weighted by Crippen LogP contribution is -2.59. The van der Waals surface area contributed by atoms with Gasteiger partial charge in [-0.3, -0.25) is 4.79 Å². The van der Waals surface area contributed by atoms with Crippen LogP contribution in [0.25, 0.3) is 0 Å². The number of rotatable bonds is 2. The van der Waals surface area contributed by atoms with Gasteiger partial charge in [0.15, 0.2) is 0 Å². The molecule has 0 aromatic rings. The van der Waals surface area contributed by atoms with Gasteiger partial charge in [-0.25, -0.2) is 0 Å². The van der Waals surface area contributed by atoms with E-state index in [1.54, 1.807) is 0 Å². The van der Waals surface area contributed by atoms with Crippen molar-refractivity contribution in [2.24, 2.45) is 0 Å². The molecule has 4 nitrogen and oxygen atoms in total. The van der Waals surface area contributed by atoms with Crippen LogP contribution in [0.4, 0.5) is 0 Å². The average Bonchev–Trinajstić information content (AvgIpc) is 2.15. The second-order valence-electron chi connectivity index (χ2n) is 5.21. The number of nitrogens with one attached hydrogen (secondary N) is 1. The predicted molar refractivity (Wildman–Crippen MR) is 59.7 cm³/mol. The first-order valence-corrected chi connectivity index (χ1v) is 5.41. The summed E-state index contributed by atoms with van der Waals surface area (Å²) in [6.45, 7) is 9.80. The number of hydrogen-bond acceptors (Lipinski definition) is 3. The molecule has 0 bridgehead atoms. The van der Waals surface area contributed by atoms with Gasteiger partial charge in [-0.15, -0.1) is 0 Å². The largest absolute Gasteiger partial charge is 0.372 e. The molecule has 1 aliphatic heterocycles. The zero-order valence-electron chi connectivity index (χ0n) is 10.4. The molecule has 1 heterocycles. The summed E-state index contributed by atoms with van der Waals surface area (Å²) in [5.41, 5.74) is -0.717. The van der Waals surface area contributed by atoms with Crippen molar-refractivity contribution in [1.29, 1.82) is 0 Å². The quantitative estimate of drug-likeness (QED) is 0.733. The highest BCUT2D eigenvalue weighted by molar-refractivity contribution is 5.85. The van der Waals surface area contributed by atoms with Crippen LogP contribution in [0.5, 0.6) is 0 Å². The summed E-state index contributed by atoms with van der Waals surface area (Å²) >= 11 is 0. The molecule has 1 fully saturated rings. The average molecular weight is 214 g/mol. The van der Waals surface area contributed by atoms with E-state index in [2.05, 4.69) is 5.32 Å². The van der Waals surface area contributed by atoms with E-state index in [0.29, 0.717) is 19.7 Å². The van der Waals surface area contributed by atoms with Crippen LogP contribution in [-0.2, 0) is 9.53 Å². The van der Waals surface area contributed by atoms with Crippen LogP contribution in [0, 0.1) is 0 Å². The van der Waals surface area contributed by atoms with Gasteiger partial charge in [-0.05, 0) is 34.7 Å². The fourth-order valence-corrected chi connectivity index (χ4v) is 1.69. The van der Waals surface area contributed by atoms with Gasteiger partial charge in [0.1, 0.15) is 0 Å². The van der Waals surface area contributed by atoms with Crippen LogP contribution < -0.4 is 5.32 Å². The lowest BCUT2D eigenvalue weighted by atomic mass is 10.0. The molecule has 0 aromatic heterocycles. The third-order valence-electron chi connectivity index (χ3n) is 2.87. The van der Waals surface area contributed by atoms with E-state index < -0.39 is 5.54 Å². The summed E-state index contributed by atoms with van der Waals surface area (Å²) in [6, 6.07) is 0. The minimum atomic E-state index is -0.493. The highest BCUT2D eigenvalue weighted by Gasteiger charge is 2.36. The third-order valence-corrected chi connectivity index (χ3v) is 2.87. The first kappa shape index (κ1) is 12.5. The molecule has 0 radical (unpaired) electrons. The number of amides is 1. The molecule has 1 aliphatic rings. The van der Waals surface area contributed by atoms with E-state index in [0.717, 1.165) is 0 Å². The van der Waals surface area contributed by atoms with Crippen molar-refractivity contribution >= 4 is 5.91 Å². The van der Waals surface area contributed by atoms with E-state index >= 15 is 0 Å². The maximum absolute atomic E-state index is 12.1. The molecule has 15 heavy (non-hydrogen) atoms. The summed E-state index contributed by atoms with van der Waals surface area (Å²) in [5.74, 6) is 0.140. The maximum Gasteiger partial charge on any atom is 0.242 e. The van der Waals surface area contributed by atoms with Gasteiger partial charge in [0.2, 0.25) is 5.91 Å². The molecule has 1 N–H and O–H groups in total. The van der Waals surface area contributed by atoms with E-state index in [4.69, 9.17) is 4.74 Å². The first-order valence-electron chi connectivity index (χ1n) is 5.41. The zero-order valence-corrected chi connectivity index (χ0v) is 10.4. The Morgan fingerprint density at radius 1 is 1.47 bits per heavy atom. The van der Waals surface area contributed by atoms with Crippen LogP contribution in [0.2, 0.25) is 0 Å². The fourth-order valence-electron chi connectivity index (χ4n) is 1.69. The maximum atomic E-state index is 12.1. The number of morpholine rings is 1. The van der Waals surface area contributed by atoms with Crippen LogP contribution in [-0.4, -0.2) is 48.7 Å². The summed E-state index contributed by atoms with van der Waals surface area (Å²) in [6.07, 6.45) is 0. The van der Waals surface area contributed by atoms with Gasteiger partial charge >= 0.3 is 0 Å². The Morgan fingerprint density at radius 3 is 2.53 bits per heavy atom. The molecular formula is C11H22N2O2. The predicted octanol–water partition coefficient (Wildman–Crippen LogP) is 0.622. The molecule has 0 spiro atoms. The summed E-state index contributed by atoms with van der Waals surface area (Å²) in [7, 11) is 1.81. The van der Waals surface area contributed by atoms with Crippen LogP contribution >= 0.6 is 0 Å². The standard InChI is InChI=1S/C11H22N2O2/c1-10(2)8-13(6-7-15-10)9(14)11(3,4)12-5/h12H,6-8H2,1-5H3. The Morgan fingerprint density at radius 2 is 2.07 bits per heavy atom. The third kappa shape index (κ3) is 2.92. The van der Waals surface area contributed by atoms with E-state index in [9.17, 15) is 4.79 Å². The topological polar surface area (TPSA) is 41.6 Å². The molecular weight excluding hydrogens is 192 g/mol. The highest BCUT2D eigenvalue weighted by Crippen LogP contribution is 2.19. The lowest BCUT2D eigenvalue weighted by Gasteiger charge is -2.41. The Bertz CT molecular complexity index is 249. The van der Waals surface area contributed by atoms with Crippen molar-refractivity contribution in [1.82, 2.24) is 10.2 Å². The molecule has 0 atom stereocenters. The van der Waals surface area contributed by atoms with Gasteiger partial charge in [-0.1, -0.05) is 0 Å². The van der Waals surface area contributed by atoms with E-state index in [-0.39, 0.29) is 11.5 Å². The number of hydrogen-bond donors (Lipinski definition) is 1. The Labute approximate surface area is 92.0 Å². The van der Waals surface area contributed by atoms with Crippen LogP contribution in [0.1, 0.15) is 27.7 Å². The molecule has 88 valence electrons. The summed E-state index contributed by atoms with van der Waals surface area (Å²) in [4.78, 5) is 14.0. The minimum Gasteiger partial charge on any atom is -0.372 e. The highest BCUT2D eigenvalue weighted by atomic mass is 16.5. The Balaban J connectivity index is 2.68. The van der Waals surface area contributed by atoms with Crippen molar-refractivity contribution in [3.63, 3.8) is 0 Å². The SMILES string of the molecule is CNC(C)(C)C(=O)N1CCOC(C)(C)C1. The van der Waals surface area contributed by atoms with Crippen molar-refractivity contribution in [2.45, 2.75) is 38.8 Å². The normalized spacial score (nSPS) is 21.5. The summed E-state index contributed by atoms with van der Waals surface area (Å²) < 4.78 is 5.58. The van der Waals surface area contributed by atoms with Crippen LogP contribution in [0.15, 0.2) is 0 Å². The van der Waals surface area contributed by atoms with Gasteiger partial charge < -0.3 is 15.0 Å². The second kappa shape index (κ2) is 4.10. The van der Waals surface area contributed by atoms with Crippen LogP contribution in [0.3, 0.4) is 0 Å². The van der Waals surface area contributed by atoms with Gasteiger partial charge in [0, 0.05) is 13.1 Å². The van der Waals surface area contributed by atoms with Gasteiger partial charge in [-0.2, -0.15) is 0 Å². The molecule has 0 saturated carbocycles. The van der Waals surface area contributed by atoms with Crippen molar-refractivity contribution in [3.05, 3.63) is 0 Å². The molecule has 0 aromatic carbocycles. The van der Waals surface area contributed by atoms with Gasteiger partial charge in [0.25, 0.3) is 0 Å². The second-order valence-corrected chi connectivity index (χ2v) is 5.21. The fraction of sp³-hybridized carbons (Fsp3) is 0.909. The molecule has 1 amide bonds.